The normalized spacial score (nSPS) is 15.8. The van der Waals surface area contributed by atoms with Crippen LogP contribution >= 0.6 is 11.3 Å². The molecule has 22 heteroatoms. The van der Waals surface area contributed by atoms with Gasteiger partial charge in [0.15, 0.2) is 11.6 Å². The lowest BCUT2D eigenvalue weighted by atomic mass is 9.74. The van der Waals surface area contributed by atoms with Crippen LogP contribution in [0.15, 0.2) is 111 Å². The Labute approximate surface area is 615 Å². The number of halogens is 3. The minimum absolute atomic E-state index is 0.00625. The number of allylic oxidation sites excluding steroid dienone is 2. The summed E-state index contributed by atoms with van der Waals surface area (Å²) in [7, 11) is 0. The largest absolute Gasteiger partial charge is 0.364 e. The maximum atomic E-state index is 12.3. The number of primary amides is 1. The number of nitrogens with zero attached hydrogens (tertiary/aromatic N) is 12. The Hall–Kier alpha value is -8.06. The van der Waals surface area contributed by atoms with Gasteiger partial charge >= 0.3 is 6.08 Å². The zero-order valence-corrected chi connectivity index (χ0v) is 67.7. The second-order valence-corrected chi connectivity index (χ2v) is 34.8. The minimum atomic E-state index is -0.699. The third-order valence-electron chi connectivity index (χ3n) is 15.2. The highest BCUT2D eigenvalue weighted by Gasteiger charge is 2.34. The molecule has 4 aliphatic rings. The first-order chi connectivity index (χ1) is 46.5. The molecule has 0 bridgehead atoms. The molecule has 1 saturated heterocycles. The first-order valence-electron chi connectivity index (χ1n) is 34.8. The van der Waals surface area contributed by atoms with Crippen LogP contribution in [0.1, 0.15) is 240 Å². The van der Waals surface area contributed by atoms with Gasteiger partial charge in [0.1, 0.15) is 11.5 Å². The number of thiazole rings is 1. The Balaban J connectivity index is 0.00000112. The smallest absolute Gasteiger partial charge is 0.308 e. The molecular formula is C80H126F3N13O5S. The second-order valence-electron chi connectivity index (χ2n) is 34.0. The van der Waals surface area contributed by atoms with E-state index in [1.807, 2.05) is 118 Å². The van der Waals surface area contributed by atoms with Crippen molar-refractivity contribution in [2.24, 2.45) is 39.7 Å². The van der Waals surface area contributed by atoms with E-state index in [9.17, 15) is 37.1 Å². The van der Waals surface area contributed by atoms with Crippen LogP contribution in [0, 0.1) is 63.6 Å². The molecule has 0 aromatic carbocycles. The summed E-state index contributed by atoms with van der Waals surface area (Å²) in [6.45, 7) is 68.4. The van der Waals surface area contributed by atoms with Crippen LogP contribution < -0.4 is 5.73 Å². The first kappa shape index (κ1) is 93.9. The minimum Gasteiger partial charge on any atom is -0.364 e. The molecule has 9 rings (SSSR count). The van der Waals surface area contributed by atoms with E-state index in [4.69, 9.17) is 12.2 Å². The number of ketones is 1. The molecule has 3 aliphatic heterocycles. The van der Waals surface area contributed by atoms with Crippen molar-refractivity contribution in [3.8, 4) is 12.3 Å². The summed E-state index contributed by atoms with van der Waals surface area (Å²) < 4.78 is 42.3. The summed E-state index contributed by atoms with van der Waals surface area (Å²) in [4.78, 5) is 79.1. The maximum Gasteiger partial charge on any atom is 0.308 e. The fourth-order valence-corrected chi connectivity index (χ4v) is 10.0. The Bertz CT molecular complexity index is 3460. The Morgan fingerprint density at radius 3 is 1.55 bits per heavy atom. The van der Waals surface area contributed by atoms with Gasteiger partial charge in [0.05, 0.1) is 5.54 Å². The van der Waals surface area contributed by atoms with Crippen molar-refractivity contribution >= 4 is 46.8 Å². The fourth-order valence-electron chi connectivity index (χ4n) is 9.52. The lowest BCUT2D eigenvalue weighted by molar-refractivity contribution is -0.131. The highest BCUT2D eigenvalue weighted by atomic mass is 32.1. The van der Waals surface area contributed by atoms with Gasteiger partial charge in [-0.05, 0) is 178 Å². The topological polar surface area (TPSA) is 213 Å². The van der Waals surface area contributed by atoms with Crippen LogP contribution in [0.4, 0.5) is 13.2 Å². The van der Waals surface area contributed by atoms with E-state index < -0.39 is 23.2 Å². The molecule has 0 spiro atoms. The molecule has 0 saturated carbocycles. The maximum absolute atomic E-state index is 12.3. The number of nitrogens with two attached hydrogens (primary N) is 1. The third kappa shape index (κ3) is 37.7. The standard InChI is InChI=1S/C11H19NO.C10H16N2.C10H16O.C9H12N2.C9H15NO.C8H11FN2.C8H13NO.C7H11FN2.C4H3FN2OS.C4H10/c1-5-10(13)12-7-6-9(8-12)11(2,3)4;1-5-9-11-6-7-12(9)8-10(2,3)4;1-10(2,3)8-6-4-5-7-9(8)11;1-5-8-10-6-7-11(8)9(2,3)4;1-9(2,3)10-7-5-4-6-8(10)11;1-8(2,3)6-4-10-7(9)11-5-6;1-8(2,3)9-6-4-5-7(9)10;1-7(2,3)10-5-4-6(8)9-10;5-4-7-2(1-9-4)3(6)8;1-4(2)3/h5,9H,1,6-8H2,2-4H3;5-7H,1,8H2,2-4H3;5,7-8H,4,6H2,1-3H3;1,6-7H,2-4H3;4,6H,5,7H2,1-3H3;4-5H,1-3H3;4-5H,6H2,1-3H3;4-5H,1-3H3;1H,(H2,6,8);4H,1-3H3. The predicted molar refractivity (Wildman–Crippen MR) is 412 cm³/mol. The molecule has 2 N–H and O–H groups in total. The van der Waals surface area contributed by atoms with E-state index in [0.29, 0.717) is 28.4 Å². The summed E-state index contributed by atoms with van der Waals surface area (Å²) in [5.74, 6) is 5.43. The molecule has 4 amide bonds. The number of terminal acetylenes is 1. The monoisotopic (exact) mass is 1440 g/mol. The average Bonchev–Trinajstić information content (AvgIpc) is 1.60. The van der Waals surface area contributed by atoms with Gasteiger partial charge in [0, 0.05) is 116 Å². The zero-order chi connectivity index (χ0) is 79.2. The van der Waals surface area contributed by atoms with Gasteiger partial charge in [-0.2, -0.15) is 13.2 Å². The van der Waals surface area contributed by atoms with Gasteiger partial charge in [-0.3, -0.25) is 28.7 Å². The SMILES string of the molecule is C#Cc1nccn1C(C)(C)C.C=CC(=O)N1CCC(C(C)(C)C)C1.C=Cc1nccn1CC(C)(C)C.CC(C)(C)C1CCC=CC1=O.CC(C)(C)N1CC=CC1=O.CC(C)(C)N1CCC=CC1=O.CC(C)(C)c1cnc(F)nc1.CC(C)(C)n1ccc(F)n1.CC(C)C.NC(=O)c1csc(F)n1. The lowest BCUT2D eigenvalue weighted by Gasteiger charge is -2.36. The Morgan fingerprint density at radius 1 is 0.686 bits per heavy atom. The summed E-state index contributed by atoms with van der Waals surface area (Å²) in [6.07, 6.45) is 34.9. The average molecular weight is 1440 g/mol. The van der Waals surface area contributed by atoms with Gasteiger partial charge in [0.25, 0.3) is 11.2 Å². The third-order valence-corrected chi connectivity index (χ3v) is 15.8. The van der Waals surface area contributed by atoms with Crippen LogP contribution in [0.2, 0.25) is 0 Å². The number of rotatable bonds is 4. The molecule has 2 unspecified atom stereocenters. The van der Waals surface area contributed by atoms with Gasteiger partial charge in [-0.25, -0.2) is 24.9 Å². The molecule has 1 aliphatic carbocycles. The van der Waals surface area contributed by atoms with Gasteiger partial charge in [-0.1, -0.05) is 147 Å². The highest BCUT2D eigenvalue weighted by molar-refractivity contribution is 7.08. The molecule has 5 aromatic heterocycles. The van der Waals surface area contributed by atoms with E-state index in [2.05, 4.69) is 178 Å². The second kappa shape index (κ2) is 41.9. The molecule has 2 atom stereocenters. The van der Waals surface area contributed by atoms with Crippen molar-refractivity contribution in [3.63, 3.8) is 0 Å². The van der Waals surface area contributed by atoms with Crippen LogP contribution in [-0.4, -0.2) is 125 Å². The number of amides is 4. The van der Waals surface area contributed by atoms with Crippen LogP contribution in [0.5, 0.6) is 0 Å². The van der Waals surface area contributed by atoms with Crippen molar-refractivity contribution in [3.05, 3.63) is 151 Å². The van der Waals surface area contributed by atoms with Gasteiger partial charge < -0.3 is 29.6 Å². The van der Waals surface area contributed by atoms with E-state index in [1.54, 1.807) is 41.4 Å². The number of likely N-dealkylation sites (tertiary alicyclic amines) is 1. The molecule has 102 heavy (non-hydrogen) atoms. The molecule has 5 aromatic rings. The van der Waals surface area contributed by atoms with Crippen molar-refractivity contribution < 1.29 is 37.1 Å². The van der Waals surface area contributed by atoms with Crippen molar-refractivity contribution in [2.45, 2.75) is 247 Å². The summed E-state index contributed by atoms with van der Waals surface area (Å²) in [6, 6.07) is 1.35. The Kier molecular flexibility index (Phi) is 38.6. The molecular weight excluding hydrogens is 1310 g/mol. The molecule has 8 heterocycles. The first-order valence-corrected chi connectivity index (χ1v) is 35.7. The number of aromatic nitrogens is 9. The fraction of sp³-hybridized carbons (Fsp3) is 0.588. The molecule has 0 radical (unpaired) electrons. The van der Waals surface area contributed by atoms with Crippen LogP contribution in [0.3, 0.4) is 0 Å². The van der Waals surface area contributed by atoms with Gasteiger partial charge in [-0.15, -0.1) is 11.5 Å². The van der Waals surface area contributed by atoms with E-state index in [0.717, 1.165) is 87.0 Å². The number of hydrogen-bond acceptors (Lipinski definition) is 12. The number of imidazole rings is 2. The Morgan fingerprint density at radius 2 is 1.23 bits per heavy atom. The zero-order valence-electron chi connectivity index (χ0n) is 66.9. The molecule has 568 valence electrons. The van der Waals surface area contributed by atoms with Crippen molar-refractivity contribution in [1.29, 1.82) is 0 Å². The number of carbonyl (C=O) groups excluding carboxylic acids is 5. The van der Waals surface area contributed by atoms with E-state index in [-0.39, 0.29) is 62.3 Å². The summed E-state index contributed by atoms with van der Waals surface area (Å²) in [5, 5.41) is 4.27. The van der Waals surface area contributed by atoms with Gasteiger partial charge in [0.2, 0.25) is 23.7 Å². The lowest BCUT2D eigenvalue weighted by Crippen LogP contribution is -2.46. The number of hydrogen-bond donors (Lipinski definition) is 1. The molecule has 1 fully saturated rings. The van der Waals surface area contributed by atoms with Crippen molar-refractivity contribution in [1.82, 2.24) is 58.5 Å². The number of carbonyl (C=O) groups is 5. The van der Waals surface area contributed by atoms with E-state index >= 15 is 0 Å². The summed E-state index contributed by atoms with van der Waals surface area (Å²) in [5.41, 5.74) is 6.29. The molecule has 18 nitrogen and oxygen atoms in total. The quantitative estimate of drug-likeness (QED) is 0.101. The summed E-state index contributed by atoms with van der Waals surface area (Å²) >= 11 is 0.754. The van der Waals surface area contributed by atoms with Crippen molar-refractivity contribution in [2.75, 3.05) is 26.2 Å². The highest BCUT2D eigenvalue weighted by Crippen LogP contribution is 2.34. The predicted octanol–water partition coefficient (Wildman–Crippen LogP) is 17.3. The van der Waals surface area contributed by atoms with Crippen LogP contribution in [0.25, 0.3) is 6.08 Å². The van der Waals surface area contributed by atoms with E-state index in [1.165, 1.54) is 29.9 Å². The van der Waals surface area contributed by atoms with Crippen LogP contribution in [-0.2, 0) is 42.2 Å².